The third-order valence-electron chi connectivity index (χ3n) is 5.61. The summed E-state index contributed by atoms with van der Waals surface area (Å²) in [4.78, 5) is 28.1. The van der Waals surface area contributed by atoms with Crippen LogP contribution in [0.3, 0.4) is 0 Å². The molecule has 0 unspecified atom stereocenters. The molecule has 0 spiro atoms. The van der Waals surface area contributed by atoms with Crippen LogP contribution in [-0.2, 0) is 6.18 Å². The number of hydrogen-bond donors (Lipinski definition) is 1. The van der Waals surface area contributed by atoms with Crippen LogP contribution in [-0.4, -0.2) is 53.3 Å². The summed E-state index contributed by atoms with van der Waals surface area (Å²) in [5, 5.41) is 10.9. The van der Waals surface area contributed by atoms with Gasteiger partial charge < -0.3 is 14.5 Å². The van der Waals surface area contributed by atoms with E-state index in [4.69, 9.17) is 16.3 Å². The van der Waals surface area contributed by atoms with Gasteiger partial charge in [-0.3, -0.25) is 10.1 Å². The van der Waals surface area contributed by atoms with E-state index in [1.54, 1.807) is 31.2 Å². The van der Waals surface area contributed by atoms with Crippen LogP contribution in [0.5, 0.6) is 5.88 Å². The van der Waals surface area contributed by atoms with Gasteiger partial charge in [0.05, 0.1) is 21.8 Å². The zero-order valence-corrected chi connectivity index (χ0v) is 19.8. The number of nitrogens with zero attached hydrogens (tertiary/aromatic N) is 4. The number of amides is 2. The van der Waals surface area contributed by atoms with Crippen molar-refractivity contribution in [3.8, 4) is 5.88 Å². The lowest BCUT2D eigenvalue weighted by molar-refractivity contribution is -0.138. The van der Waals surface area contributed by atoms with Gasteiger partial charge in [-0.25, -0.2) is 4.79 Å². The molecule has 0 saturated carbocycles. The van der Waals surface area contributed by atoms with Crippen molar-refractivity contribution in [1.82, 2.24) is 15.1 Å². The zero-order valence-electron chi connectivity index (χ0n) is 19.1. The molecular weight excluding hydrogens is 499 g/mol. The monoisotopic (exact) mass is 519 g/mol. The summed E-state index contributed by atoms with van der Waals surface area (Å²) in [6.07, 6.45) is -5.40. The third-order valence-corrected chi connectivity index (χ3v) is 6.11. The van der Waals surface area contributed by atoms with Gasteiger partial charge in [-0.15, -0.1) is 10.2 Å². The van der Waals surface area contributed by atoms with E-state index in [1.165, 1.54) is 29.2 Å². The van der Waals surface area contributed by atoms with E-state index >= 15 is 0 Å². The first-order valence-electron chi connectivity index (χ1n) is 10.9. The van der Waals surface area contributed by atoms with Crippen LogP contribution in [0.15, 0.2) is 54.6 Å². The number of nitrogens with one attached hydrogen (secondary N) is 1. The molecule has 8 nitrogen and oxygen atoms in total. The van der Waals surface area contributed by atoms with Crippen molar-refractivity contribution >= 4 is 35.1 Å². The molecule has 188 valence electrons. The Morgan fingerprint density at radius 3 is 2.36 bits per heavy atom. The molecule has 0 radical (unpaired) electrons. The summed E-state index contributed by atoms with van der Waals surface area (Å²) in [5.41, 5.74) is -0.126. The molecule has 1 N–H and O–H groups in total. The number of piperazine rings is 1. The Morgan fingerprint density at radius 1 is 0.972 bits per heavy atom. The van der Waals surface area contributed by atoms with Crippen LogP contribution < -0.4 is 15.0 Å². The summed E-state index contributed by atoms with van der Waals surface area (Å²) in [7, 11) is 0. The largest absolute Gasteiger partial charge is 0.418 e. The van der Waals surface area contributed by atoms with Crippen molar-refractivity contribution < 1.29 is 27.5 Å². The van der Waals surface area contributed by atoms with E-state index in [1.807, 2.05) is 4.90 Å². The van der Waals surface area contributed by atoms with Crippen LogP contribution in [0, 0.1) is 6.92 Å². The predicted octanol–water partition coefficient (Wildman–Crippen LogP) is 5.03. The number of aromatic nitrogens is 2. The Bertz CT molecular complexity index is 1260. The minimum Gasteiger partial charge on any atom is -0.389 e. The van der Waals surface area contributed by atoms with Crippen molar-refractivity contribution in [2.75, 3.05) is 36.4 Å². The van der Waals surface area contributed by atoms with E-state index < -0.39 is 23.7 Å². The predicted molar refractivity (Wildman–Crippen MR) is 127 cm³/mol. The highest BCUT2D eigenvalue weighted by molar-refractivity contribution is 6.34. The summed E-state index contributed by atoms with van der Waals surface area (Å²) in [6.45, 7) is 2.93. The smallest absolute Gasteiger partial charge is 0.389 e. The molecule has 0 atom stereocenters. The van der Waals surface area contributed by atoms with Gasteiger partial charge in [0.1, 0.15) is 0 Å². The normalized spacial score (nSPS) is 13.9. The summed E-state index contributed by atoms with van der Waals surface area (Å²) in [5.74, 6) is -0.220. The number of carbonyl (C=O) groups excluding carboxylic acids is 2. The lowest BCUT2D eigenvalue weighted by Crippen LogP contribution is -2.49. The first kappa shape index (κ1) is 25.2. The molecule has 1 saturated heterocycles. The van der Waals surface area contributed by atoms with E-state index in [-0.39, 0.29) is 24.5 Å². The van der Waals surface area contributed by atoms with Gasteiger partial charge in [-0.05, 0) is 36.8 Å². The van der Waals surface area contributed by atoms with Gasteiger partial charge in [0.15, 0.2) is 5.82 Å². The van der Waals surface area contributed by atoms with Crippen molar-refractivity contribution in [1.29, 1.82) is 0 Å². The Morgan fingerprint density at radius 2 is 1.69 bits per heavy atom. The Balaban J connectivity index is 1.34. The second kappa shape index (κ2) is 10.4. The van der Waals surface area contributed by atoms with E-state index in [9.17, 15) is 22.8 Å². The second-order valence-corrected chi connectivity index (χ2v) is 8.38. The molecule has 1 aromatic heterocycles. The highest BCUT2D eigenvalue weighted by Crippen LogP contribution is 2.32. The summed E-state index contributed by atoms with van der Waals surface area (Å²) >= 11 is 6.16. The number of carbonyl (C=O) groups is 2. The van der Waals surface area contributed by atoms with E-state index in [0.29, 0.717) is 29.6 Å². The van der Waals surface area contributed by atoms with Gasteiger partial charge in [0.2, 0.25) is 5.88 Å². The highest BCUT2D eigenvalue weighted by Gasteiger charge is 2.36. The third kappa shape index (κ3) is 5.68. The molecule has 2 amide bonds. The van der Waals surface area contributed by atoms with Crippen LogP contribution in [0.1, 0.15) is 21.5 Å². The number of ether oxygens (including phenoxy) is 1. The van der Waals surface area contributed by atoms with Gasteiger partial charge in [-0.1, -0.05) is 35.9 Å². The molecule has 36 heavy (non-hydrogen) atoms. The van der Waals surface area contributed by atoms with Crippen molar-refractivity contribution in [3.05, 3.63) is 76.3 Å². The van der Waals surface area contributed by atoms with E-state index in [0.717, 1.165) is 11.6 Å². The second-order valence-electron chi connectivity index (χ2n) is 8.00. The average molecular weight is 520 g/mol. The molecule has 4 rings (SSSR count). The van der Waals surface area contributed by atoms with Crippen molar-refractivity contribution in [2.24, 2.45) is 0 Å². The van der Waals surface area contributed by atoms with Gasteiger partial charge in [0.25, 0.3) is 5.91 Å². The highest BCUT2D eigenvalue weighted by atomic mass is 35.5. The number of hydrogen-bond acceptors (Lipinski definition) is 6. The van der Waals surface area contributed by atoms with Crippen molar-refractivity contribution in [2.45, 2.75) is 13.1 Å². The topological polar surface area (TPSA) is 87.7 Å². The molecule has 1 aliphatic heterocycles. The number of benzene rings is 2. The minimum absolute atomic E-state index is 0.0300. The quantitative estimate of drug-likeness (QED) is 0.520. The minimum atomic E-state index is -4.61. The Hall–Kier alpha value is -3.86. The van der Waals surface area contributed by atoms with Crippen LogP contribution >= 0.6 is 11.6 Å². The maximum absolute atomic E-state index is 13.3. The lowest BCUT2D eigenvalue weighted by atomic mass is 10.1. The van der Waals surface area contributed by atoms with Crippen LogP contribution in [0.4, 0.5) is 29.5 Å². The maximum atomic E-state index is 13.3. The fourth-order valence-electron chi connectivity index (χ4n) is 3.74. The zero-order chi connectivity index (χ0) is 25.9. The van der Waals surface area contributed by atoms with Gasteiger partial charge in [-0.2, -0.15) is 13.2 Å². The first-order valence-corrected chi connectivity index (χ1v) is 11.3. The van der Waals surface area contributed by atoms with Crippen LogP contribution in [0.25, 0.3) is 0 Å². The molecule has 1 fully saturated rings. The fourth-order valence-corrected chi connectivity index (χ4v) is 3.91. The van der Waals surface area contributed by atoms with E-state index in [2.05, 4.69) is 15.5 Å². The Kier molecular flexibility index (Phi) is 7.30. The van der Waals surface area contributed by atoms with Gasteiger partial charge >= 0.3 is 12.3 Å². The van der Waals surface area contributed by atoms with Gasteiger partial charge in [0, 0.05) is 32.2 Å². The molecule has 12 heteroatoms. The average Bonchev–Trinajstić information content (AvgIpc) is 2.86. The molecule has 1 aliphatic rings. The number of alkyl halides is 3. The molecule has 0 aliphatic carbocycles. The molecule has 2 aromatic carbocycles. The Labute approximate surface area is 209 Å². The number of rotatable bonds is 4. The molecular formula is C24H21ClF3N5O3. The molecule has 0 bridgehead atoms. The lowest BCUT2D eigenvalue weighted by Gasteiger charge is -2.35. The number of halogens is 4. The number of aryl methyl sites for hydroxylation is 1. The fraction of sp³-hybridized carbons (Fsp3) is 0.250. The first-order chi connectivity index (χ1) is 17.1. The maximum Gasteiger partial charge on any atom is 0.418 e. The molecule has 3 aromatic rings. The molecule has 2 heterocycles. The SMILES string of the molecule is Cc1cccc(NC(=O)Oc2ccc(N3CCN(C(=O)c4ccccc4C(F)(F)F)CC3)nn2)c1Cl. The van der Waals surface area contributed by atoms with Crippen molar-refractivity contribution in [3.63, 3.8) is 0 Å². The summed E-state index contributed by atoms with van der Waals surface area (Å²) in [6, 6.07) is 13.0. The number of anilines is 2. The summed E-state index contributed by atoms with van der Waals surface area (Å²) < 4.78 is 45.0. The standard InChI is InChI=1S/C24H21ClF3N5O3/c1-15-5-4-8-18(21(15)25)29-23(35)36-20-10-9-19(30-31-20)32-11-13-33(14-12-32)22(34)16-6-2-3-7-17(16)24(26,27)28/h2-10H,11-14H2,1H3,(H,29,35). The van der Waals surface area contributed by atoms with Crippen LogP contribution in [0.2, 0.25) is 5.02 Å².